The minimum absolute atomic E-state index is 0.207. The summed E-state index contributed by atoms with van der Waals surface area (Å²) in [7, 11) is 0. The van der Waals surface area contributed by atoms with Crippen molar-refractivity contribution in [3.8, 4) is 11.4 Å². The van der Waals surface area contributed by atoms with E-state index in [9.17, 15) is 4.79 Å². The molecule has 0 amide bonds. The molecule has 0 aliphatic carbocycles. The van der Waals surface area contributed by atoms with Crippen molar-refractivity contribution >= 4 is 11.9 Å². The van der Waals surface area contributed by atoms with Crippen LogP contribution in [0.1, 0.15) is 36.5 Å². The molecule has 1 N–H and O–H groups in total. The fourth-order valence-electron chi connectivity index (χ4n) is 3.84. The molecule has 136 valence electrons. The van der Waals surface area contributed by atoms with Crippen LogP contribution in [-0.2, 0) is 0 Å². The average Bonchev–Trinajstić information content (AvgIpc) is 2.62. The first-order valence-corrected chi connectivity index (χ1v) is 9.15. The molecule has 2 aliphatic rings. The summed E-state index contributed by atoms with van der Waals surface area (Å²) in [6.07, 6.45) is 7.12. The van der Waals surface area contributed by atoms with E-state index in [1.165, 1.54) is 38.1 Å². The summed E-state index contributed by atoms with van der Waals surface area (Å²) in [6.45, 7) is 5.39. The maximum Gasteiger partial charge on any atom is 0.335 e. The number of hydrogen-bond acceptors (Lipinski definition) is 6. The Kier molecular flexibility index (Phi) is 4.55. The molecule has 4 heterocycles. The number of nitrogens with zero attached hydrogens (tertiary/aromatic N) is 5. The van der Waals surface area contributed by atoms with Crippen molar-refractivity contribution < 1.29 is 9.90 Å². The first-order valence-electron chi connectivity index (χ1n) is 9.15. The Hall–Kier alpha value is -2.54. The maximum atomic E-state index is 11.2. The van der Waals surface area contributed by atoms with Crippen molar-refractivity contribution in [1.82, 2.24) is 19.9 Å². The molecule has 7 heteroatoms. The minimum Gasteiger partial charge on any atom is -0.478 e. The van der Waals surface area contributed by atoms with Gasteiger partial charge in [-0.1, -0.05) is 6.42 Å². The van der Waals surface area contributed by atoms with Crippen LogP contribution in [0.4, 0.5) is 5.95 Å². The van der Waals surface area contributed by atoms with E-state index < -0.39 is 5.97 Å². The number of rotatable bonds is 4. The highest BCUT2D eigenvalue weighted by molar-refractivity contribution is 5.88. The van der Waals surface area contributed by atoms with Gasteiger partial charge in [-0.05, 0) is 44.5 Å². The second-order valence-corrected chi connectivity index (χ2v) is 7.12. The Balaban J connectivity index is 1.47. The van der Waals surface area contributed by atoms with Gasteiger partial charge in [0.2, 0.25) is 5.95 Å². The largest absolute Gasteiger partial charge is 0.478 e. The van der Waals surface area contributed by atoms with E-state index in [1.807, 2.05) is 0 Å². The molecule has 4 rings (SSSR count). The molecule has 1 unspecified atom stereocenters. The number of carboxylic acids is 1. The number of aromatic carboxylic acids is 1. The molecule has 0 radical (unpaired) electrons. The van der Waals surface area contributed by atoms with Gasteiger partial charge in [-0.15, -0.1) is 0 Å². The number of likely N-dealkylation sites (tertiary alicyclic amines) is 1. The Morgan fingerprint density at radius 2 is 1.96 bits per heavy atom. The van der Waals surface area contributed by atoms with Crippen molar-refractivity contribution in [1.29, 1.82) is 0 Å². The van der Waals surface area contributed by atoms with Gasteiger partial charge in [0, 0.05) is 37.6 Å². The number of hydrogen-bond donors (Lipinski definition) is 1. The molecular formula is C19H23N5O2. The number of pyridine rings is 1. The highest BCUT2D eigenvalue weighted by Crippen LogP contribution is 2.27. The summed E-state index contributed by atoms with van der Waals surface area (Å²) in [4.78, 5) is 29.2. The lowest BCUT2D eigenvalue weighted by Gasteiger charge is -2.49. The fourth-order valence-corrected chi connectivity index (χ4v) is 3.84. The van der Waals surface area contributed by atoms with Gasteiger partial charge in [-0.25, -0.2) is 14.8 Å². The molecule has 0 spiro atoms. The van der Waals surface area contributed by atoms with Crippen molar-refractivity contribution in [2.75, 3.05) is 24.5 Å². The van der Waals surface area contributed by atoms with Gasteiger partial charge in [0.25, 0.3) is 0 Å². The number of carboxylic acid groups (broad SMARTS) is 1. The Bertz CT molecular complexity index is 806. The van der Waals surface area contributed by atoms with E-state index in [4.69, 9.17) is 5.11 Å². The molecule has 26 heavy (non-hydrogen) atoms. The zero-order chi connectivity index (χ0) is 18.1. The van der Waals surface area contributed by atoms with Crippen LogP contribution in [-0.4, -0.2) is 62.6 Å². The first-order chi connectivity index (χ1) is 12.6. The van der Waals surface area contributed by atoms with Crippen LogP contribution >= 0.6 is 0 Å². The zero-order valence-corrected chi connectivity index (χ0v) is 14.9. The molecular weight excluding hydrogens is 330 g/mol. The topological polar surface area (TPSA) is 82.5 Å². The third-order valence-electron chi connectivity index (χ3n) is 5.38. The van der Waals surface area contributed by atoms with E-state index in [0.29, 0.717) is 29.4 Å². The van der Waals surface area contributed by atoms with Crippen molar-refractivity contribution in [3.63, 3.8) is 0 Å². The third kappa shape index (κ3) is 3.26. The van der Waals surface area contributed by atoms with E-state index in [1.54, 1.807) is 18.3 Å². The standard InChI is InChI=1S/C19H23N5O2/c1-13-4-2-3-9-24(13)15-11-23(12-15)19-21-8-6-16(22-19)17-10-14(18(25)26)5-7-20-17/h5-8,10,13,15H,2-4,9,11-12H2,1H3,(H,25,26). The number of carbonyl (C=O) groups is 1. The fraction of sp³-hybridized carbons (Fsp3) is 0.474. The van der Waals surface area contributed by atoms with Gasteiger partial charge in [0.15, 0.2) is 0 Å². The number of piperidine rings is 1. The van der Waals surface area contributed by atoms with Gasteiger partial charge in [-0.3, -0.25) is 9.88 Å². The summed E-state index contributed by atoms with van der Waals surface area (Å²) < 4.78 is 0. The van der Waals surface area contributed by atoms with Crippen LogP contribution in [0, 0.1) is 0 Å². The van der Waals surface area contributed by atoms with E-state index in [0.717, 1.165) is 13.1 Å². The van der Waals surface area contributed by atoms with E-state index in [2.05, 4.69) is 31.7 Å². The predicted molar refractivity (Wildman–Crippen MR) is 98.2 cm³/mol. The van der Waals surface area contributed by atoms with Crippen molar-refractivity contribution in [3.05, 3.63) is 36.2 Å². The summed E-state index contributed by atoms with van der Waals surface area (Å²) >= 11 is 0. The van der Waals surface area contributed by atoms with Crippen LogP contribution in [0.25, 0.3) is 11.4 Å². The molecule has 0 saturated carbocycles. The van der Waals surface area contributed by atoms with Crippen LogP contribution in [0.3, 0.4) is 0 Å². The smallest absolute Gasteiger partial charge is 0.335 e. The summed E-state index contributed by atoms with van der Waals surface area (Å²) in [5, 5.41) is 9.15. The van der Waals surface area contributed by atoms with Crippen LogP contribution in [0.15, 0.2) is 30.6 Å². The number of anilines is 1. The average molecular weight is 353 g/mol. The third-order valence-corrected chi connectivity index (χ3v) is 5.38. The van der Waals surface area contributed by atoms with Gasteiger partial charge < -0.3 is 10.0 Å². The van der Waals surface area contributed by atoms with Crippen molar-refractivity contribution in [2.45, 2.75) is 38.3 Å². The SMILES string of the molecule is CC1CCCCN1C1CN(c2nccc(-c3cc(C(=O)O)ccn3)n2)C1. The maximum absolute atomic E-state index is 11.2. The van der Waals surface area contributed by atoms with Crippen molar-refractivity contribution in [2.24, 2.45) is 0 Å². The molecule has 2 aromatic rings. The predicted octanol–water partition coefficient (Wildman–Crippen LogP) is 2.30. The van der Waals surface area contributed by atoms with Crippen LogP contribution in [0.5, 0.6) is 0 Å². The summed E-state index contributed by atoms with van der Waals surface area (Å²) in [6, 6.07) is 6.02. The van der Waals surface area contributed by atoms with Crippen LogP contribution in [0.2, 0.25) is 0 Å². The Morgan fingerprint density at radius 1 is 1.15 bits per heavy atom. The summed E-state index contributed by atoms with van der Waals surface area (Å²) in [5.74, 6) is -0.282. The number of aromatic nitrogens is 3. The Labute approximate surface area is 152 Å². The second-order valence-electron chi connectivity index (χ2n) is 7.12. The van der Waals surface area contributed by atoms with E-state index >= 15 is 0 Å². The molecule has 2 saturated heterocycles. The normalized spacial score (nSPS) is 21.4. The minimum atomic E-state index is -0.968. The van der Waals surface area contributed by atoms with Gasteiger partial charge in [0.1, 0.15) is 0 Å². The zero-order valence-electron chi connectivity index (χ0n) is 14.9. The quantitative estimate of drug-likeness (QED) is 0.903. The molecule has 2 aliphatic heterocycles. The highest BCUT2D eigenvalue weighted by atomic mass is 16.4. The van der Waals surface area contributed by atoms with E-state index in [-0.39, 0.29) is 5.56 Å². The summed E-state index contributed by atoms with van der Waals surface area (Å²) in [5.41, 5.74) is 1.40. The monoisotopic (exact) mass is 353 g/mol. The molecule has 2 aromatic heterocycles. The van der Waals surface area contributed by atoms with Crippen LogP contribution < -0.4 is 4.90 Å². The molecule has 7 nitrogen and oxygen atoms in total. The highest BCUT2D eigenvalue weighted by Gasteiger charge is 2.36. The second kappa shape index (κ2) is 6.99. The lowest BCUT2D eigenvalue weighted by Crippen LogP contribution is -2.62. The lowest BCUT2D eigenvalue weighted by atomic mass is 9.98. The lowest BCUT2D eigenvalue weighted by molar-refractivity contribution is 0.0697. The van der Waals surface area contributed by atoms with Gasteiger partial charge >= 0.3 is 5.97 Å². The van der Waals surface area contributed by atoms with Gasteiger partial charge in [-0.2, -0.15) is 0 Å². The molecule has 0 bridgehead atoms. The molecule has 1 atom stereocenters. The Morgan fingerprint density at radius 3 is 2.73 bits per heavy atom. The molecule has 2 fully saturated rings. The first kappa shape index (κ1) is 16.9. The van der Waals surface area contributed by atoms with Gasteiger partial charge in [0.05, 0.1) is 17.0 Å². The molecule has 0 aromatic carbocycles.